The third-order valence-corrected chi connectivity index (χ3v) is 6.50. The van der Waals surface area contributed by atoms with Crippen LogP contribution in [-0.2, 0) is 20.7 Å². The minimum atomic E-state index is -0.549. The number of aryl methyl sites for hydroxylation is 1. The van der Waals surface area contributed by atoms with Gasteiger partial charge in [0.2, 0.25) is 11.8 Å². The van der Waals surface area contributed by atoms with E-state index in [0.29, 0.717) is 19.7 Å². The van der Waals surface area contributed by atoms with Gasteiger partial charge in [0.25, 0.3) is 0 Å². The number of methoxy groups -OCH3 is 1. The molecule has 2 heterocycles. The summed E-state index contributed by atoms with van der Waals surface area (Å²) in [4.78, 5) is 31.3. The van der Waals surface area contributed by atoms with Crippen molar-refractivity contribution in [3.63, 3.8) is 0 Å². The Morgan fingerprint density at radius 3 is 2.53 bits per heavy atom. The number of rotatable bonds is 6. The summed E-state index contributed by atoms with van der Waals surface area (Å²) in [6, 6.07) is 10.4. The summed E-state index contributed by atoms with van der Waals surface area (Å²) in [6.45, 7) is 9.26. The van der Waals surface area contributed by atoms with E-state index in [-0.39, 0.29) is 24.4 Å². The summed E-state index contributed by atoms with van der Waals surface area (Å²) in [5.74, 6) is -0.0563. The third-order valence-electron chi connectivity index (χ3n) is 5.50. The van der Waals surface area contributed by atoms with Crippen LogP contribution in [0.4, 0.5) is 0 Å². The van der Waals surface area contributed by atoms with Gasteiger partial charge >= 0.3 is 0 Å². The van der Waals surface area contributed by atoms with Gasteiger partial charge in [0.1, 0.15) is 0 Å². The minimum absolute atomic E-state index is 0.0221. The topological polar surface area (TPSA) is 49.9 Å². The third kappa shape index (κ3) is 4.93. The average molecular weight is 429 g/mol. The lowest BCUT2D eigenvalue weighted by Crippen LogP contribution is -2.49. The van der Waals surface area contributed by atoms with Gasteiger partial charge < -0.3 is 14.5 Å². The zero-order valence-electron chi connectivity index (χ0n) is 18.6. The molecule has 162 valence electrons. The van der Waals surface area contributed by atoms with Crippen LogP contribution in [0, 0.1) is 12.3 Å². The molecule has 2 aromatic rings. The second-order valence-electron chi connectivity index (χ2n) is 8.92. The number of thiophene rings is 1. The average Bonchev–Trinajstić information content (AvgIpc) is 3.18. The van der Waals surface area contributed by atoms with E-state index < -0.39 is 5.41 Å². The number of hydrogen-bond donors (Lipinski definition) is 0. The number of carbonyl (C=O) groups excluding carboxylic acids is 2. The first-order chi connectivity index (χ1) is 14.2. The van der Waals surface area contributed by atoms with E-state index in [1.54, 1.807) is 23.3 Å². The zero-order valence-corrected chi connectivity index (χ0v) is 19.4. The van der Waals surface area contributed by atoms with E-state index in [9.17, 15) is 9.59 Å². The van der Waals surface area contributed by atoms with Gasteiger partial charge in [0.05, 0.1) is 19.2 Å². The van der Waals surface area contributed by atoms with Gasteiger partial charge in [-0.15, -0.1) is 11.3 Å². The molecule has 3 rings (SSSR count). The minimum Gasteiger partial charge on any atom is -0.383 e. The largest absolute Gasteiger partial charge is 0.383 e. The van der Waals surface area contributed by atoms with Gasteiger partial charge in [-0.1, -0.05) is 50.6 Å². The molecule has 30 heavy (non-hydrogen) atoms. The first kappa shape index (κ1) is 22.5. The Hall–Kier alpha value is -2.18. The van der Waals surface area contributed by atoms with Crippen molar-refractivity contribution in [2.24, 2.45) is 5.41 Å². The Labute approximate surface area is 183 Å². The van der Waals surface area contributed by atoms with E-state index in [2.05, 4.69) is 42.6 Å². The molecule has 1 aromatic carbocycles. The van der Waals surface area contributed by atoms with Crippen LogP contribution in [-0.4, -0.2) is 55.0 Å². The highest BCUT2D eigenvalue weighted by molar-refractivity contribution is 7.10. The first-order valence-electron chi connectivity index (χ1n) is 10.4. The monoisotopic (exact) mass is 428 g/mol. The lowest BCUT2D eigenvalue weighted by Gasteiger charge is -2.38. The summed E-state index contributed by atoms with van der Waals surface area (Å²) in [7, 11) is 1.61. The number of carbonyl (C=O) groups is 2. The molecule has 1 atom stereocenters. The van der Waals surface area contributed by atoms with Gasteiger partial charge in [0, 0.05) is 30.5 Å². The van der Waals surface area contributed by atoms with Crippen LogP contribution in [0.25, 0.3) is 0 Å². The molecule has 5 nitrogen and oxygen atoms in total. The van der Waals surface area contributed by atoms with Crippen LogP contribution >= 0.6 is 11.3 Å². The van der Waals surface area contributed by atoms with E-state index in [0.717, 1.165) is 12.0 Å². The van der Waals surface area contributed by atoms with Crippen molar-refractivity contribution >= 4 is 23.2 Å². The Bertz CT molecular complexity index is 883. The Kier molecular flexibility index (Phi) is 6.98. The summed E-state index contributed by atoms with van der Waals surface area (Å²) in [6.07, 6.45) is 0.854. The van der Waals surface area contributed by atoms with E-state index in [1.807, 2.05) is 25.7 Å². The molecule has 0 saturated carbocycles. The fourth-order valence-corrected chi connectivity index (χ4v) is 4.78. The predicted octanol–water partition coefficient (Wildman–Crippen LogP) is 4.05. The Morgan fingerprint density at radius 2 is 1.90 bits per heavy atom. The van der Waals surface area contributed by atoms with Crippen molar-refractivity contribution < 1.29 is 14.3 Å². The molecule has 1 aliphatic rings. The lowest BCUT2D eigenvalue weighted by molar-refractivity contribution is -0.147. The molecule has 1 aromatic heterocycles. The SMILES string of the molecule is COCCN(CC(=O)N1CCc2sccc2C1c1ccc(C)cc1)C(=O)C(C)(C)C. The summed E-state index contributed by atoms with van der Waals surface area (Å²) >= 11 is 1.75. The summed E-state index contributed by atoms with van der Waals surface area (Å²) in [5, 5.41) is 2.11. The standard InChI is InChI=1S/C24H32N2O3S/c1-17-6-8-18(9-7-17)22-19-11-15-30-20(19)10-12-26(22)21(27)16-25(13-14-29-5)23(28)24(2,3)4/h6-9,11,15,22H,10,12-14,16H2,1-5H3. The molecule has 2 amide bonds. The maximum Gasteiger partial charge on any atom is 0.242 e. The van der Waals surface area contributed by atoms with Gasteiger partial charge in [0.15, 0.2) is 0 Å². The van der Waals surface area contributed by atoms with Crippen LogP contribution in [0.15, 0.2) is 35.7 Å². The normalized spacial score (nSPS) is 16.3. The van der Waals surface area contributed by atoms with E-state index in [1.165, 1.54) is 16.0 Å². The molecule has 0 saturated heterocycles. The lowest BCUT2D eigenvalue weighted by atomic mass is 9.92. The van der Waals surface area contributed by atoms with Gasteiger partial charge in [-0.2, -0.15) is 0 Å². The van der Waals surface area contributed by atoms with Crippen molar-refractivity contribution in [2.45, 2.75) is 40.2 Å². The number of fused-ring (bicyclic) bond motifs is 1. The quantitative estimate of drug-likeness (QED) is 0.697. The maximum absolute atomic E-state index is 13.5. The number of hydrogen-bond acceptors (Lipinski definition) is 4. The molecule has 0 radical (unpaired) electrons. The summed E-state index contributed by atoms with van der Waals surface area (Å²) in [5.41, 5.74) is 2.96. The van der Waals surface area contributed by atoms with Crippen LogP contribution in [0.5, 0.6) is 0 Å². The highest BCUT2D eigenvalue weighted by Crippen LogP contribution is 2.38. The highest BCUT2D eigenvalue weighted by Gasteiger charge is 2.35. The second-order valence-corrected chi connectivity index (χ2v) is 9.92. The predicted molar refractivity (Wildman–Crippen MR) is 121 cm³/mol. The molecule has 0 fully saturated rings. The first-order valence-corrected chi connectivity index (χ1v) is 11.3. The van der Waals surface area contributed by atoms with E-state index in [4.69, 9.17) is 4.74 Å². The van der Waals surface area contributed by atoms with Crippen molar-refractivity contribution in [2.75, 3.05) is 33.4 Å². The van der Waals surface area contributed by atoms with Crippen molar-refractivity contribution in [3.05, 3.63) is 57.3 Å². The van der Waals surface area contributed by atoms with Gasteiger partial charge in [-0.3, -0.25) is 9.59 Å². The van der Waals surface area contributed by atoms with Gasteiger partial charge in [-0.25, -0.2) is 0 Å². The highest BCUT2D eigenvalue weighted by atomic mass is 32.1. The molecule has 6 heteroatoms. The van der Waals surface area contributed by atoms with Crippen molar-refractivity contribution in [1.82, 2.24) is 9.80 Å². The number of nitrogens with zero attached hydrogens (tertiary/aromatic N) is 2. The van der Waals surface area contributed by atoms with Gasteiger partial charge in [-0.05, 0) is 35.9 Å². The molecule has 0 N–H and O–H groups in total. The molecular formula is C24H32N2O3S. The molecule has 0 aliphatic carbocycles. The number of ether oxygens (including phenoxy) is 1. The fraction of sp³-hybridized carbons (Fsp3) is 0.500. The van der Waals surface area contributed by atoms with Crippen molar-refractivity contribution in [1.29, 1.82) is 0 Å². The molecule has 0 spiro atoms. The fourth-order valence-electron chi connectivity index (χ4n) is 3.88. The molecule has 1 aliphatic heterocycles. The number of benzene rings is 1. The Balaban J connectivity index is 1.88. The second kappa shape index (κ2) is 9.31. The van der Waals surface area contributed by atoms with Crippen LogP contribution < -0.4 is 0 Å². The smallest absolute Gasteiger partial charge is 0.242 e. The van der Waals surface area contributed by atoms with E-state index >= 15 is 0 Å². The van der Waals surface area contributed by atoms with Crippen LogP contribution in [0.2, 0.25) is 0 Å². The van der Waals surface area contributed by atoms with Crippen LogP contribution in [0.1, 0.15) is 48.4 Å². The van der Waals surface area contributed by atoms with Crippen molar-refractivity contribution in [3.8, 4) is 0 Å². The number of amides is 2. The Morgan fingerprint density at radius 1 is 1.20 bits per heavy atom. The zero-order chi connectivity index (χ0) is 21.9. The summed E-state index contributed by atoms with van der Waals surface area (Å²) < 4.78 is 5.18. The van der Waals surface area contributed by atoms with Crippen LogP contribution in [0.3, 0.4) is 0 Å². The molecule has 1 unspecified atom stereocenters. The molecular weight excluding hydrogens is 396 g/mol. The maximum atomic E-state index is 13.5. The molecule has 0 bridgehead atoms.